The Labute approximate surface area is 94.2 Å². The Kier molecular flexibility index (Phi) is 8.04. The molecule has 0 bridgehead atoms. The average Bonchev–Trinajstić information content (AvgIpc) is 2.19. The zero-order valence-electron chi connectivity index (χ0n) is 8.92. The molecule has 6 heteroatoms. The molecule has 0 aliphatic rings. The van der Waals surface area contributed by atoms with Crippen molar-refractivity contribution in [3.05, 3.63) is 0 Å². The van der Waals surface area contributed by atoms with E-state index < -0.39 is 12.0 Å². The third kappa shape index (κ3) is 6.30. The summed E-state index contributed by atoms with van der Waals surface area (Å²) in [6.07, 6.45) is 0.401. The van der Waals surface area contributed by atoms with Gasteiger partial charge >= 0.3 is 11.9 Å². The van der Waals surface area contributed by atoms with Crippen LogP contribution in [0.15, 0.2) is 0 Å². The van der Waals surface area contributed by atoms with E-state index in [9.17, 15) is 9.59 Å². The fourth-order valence-electron chi connectivity index (χ4n) is 0.955. The second kappa shape index (κ2) is 8.49. The van der Waals surface area contributed by atoms with Crippen molar-refractivity contribution >= 4 is 23.7 Å². The van der Waals surface area contributed by atoms with E-state index >= 15 is 0 Å². The molecule has 0 aliphatic heterocycles. The van der Waals surface area contributed by atoms with E-state index in [0.717, 1.165) is 0 Å². The van der Waals surface area contributed by atoms with E-state index in [2.05, 4.69) is 4.84 Å². The van der Waals surface area contributed by atoms with Gasteiger partial charge in [-0.1, -0.05) is 0 Å². The second-order valence-corrected chi connectivity index (χ2v) is 2.98. The van der Waals surface area contributed by atoms with Gasteiger partial charge in [-0.05, 0) is 32.0 Å². The van der Waals surface area contributed by atoms with Crippen molar-refractivity contribution in [3.63, 3.8) is 0 Å². The van der Waals surface area contributed by atoms with Crippen LogP contribution in [0.2, 0.25) is 0 Å². The Hall–Kier alpha value is -0.810. The molecule has 1 atom stereocenters. The van der Waals surface area contributed by atoms with Crippen LogP contribution in [0.1, 0.15) is 26.7 Å². The van der Waals surface area contributed by atoms with Gasteiger partial charge in [-0.25, -0.2) is 4.84 Å². The minimum atomic E-state index is -0.670. The number of hydrogen-bond acceptors (Lipinski definition) is 5. The molecule has 88 valence electrons. The van der Waals surface area contributed by atoms with Crippen LogP contribution in [0.3, 0.4) is 0 Å². The number of nitrogens with one attached hydrogen (secondary N) is 1. The van der Waals surface area contributed by atoms with Gasteiger partial charge in [-0.3, -0.25) is 9.59 Å². The predicted molar refractivity (Wildman–Crippen MR) is 55.3 cm³/mol. The van der Waals surface area contributed by atoms with E-state index in [0.29, 0.717) is 6.61 Å². The molecule has 0 aromatic heterocycles. The van der Waals surface area contributed by atoms with Crippen molar-refractivity contribution in [1.82, 2.24) is 4.84 Å². The second-order valence-electron chi connectivity index (χ2n) is 2.76. The van der Waals surface area contributed by atoms with Crippen LogP contribution in [0, 0.1) is 0 Å². The molecule has 0 rings (SSSR count). The third-order valence-electron chi connectivity index (χ3n) is 1.65. The zero-order chi connectivity index (χ0) is 11.7. The zero-order valence-corrected chi connectivity index (χ0v) is 9.67. The molecule has 0 aromatic carbocycles. The molecule has 15 heavy (non-hydrogen) atoms. The molecule has 0 aromatic rings. The number of carbonyl (C=O) groups excluding carboxylic acids is 2. The molecule has 0 amide bonds. The highest BCUT2D eigenvalue weighted by Gasteiger charge is 2.19. The molecular weight excluding hydrogens is 222 g/mol. The highest BCUT2D eigenvalue weighted by molar-refractivity contribution is 6.14. The first-order chi connectivity index (χ1) is 7.15. The summed E-state index contributed by atoms with van der Waals surface area (Å²) in [6.45, 7) is 4.04. The number of rotatable bonds is 7. The van der Waals surface area contributed by atoms with Crippen molar-refractivity contribution in [2.75, 3.05) is 13.2 Å². The van der Waals surface area contributed by atoms with Gasteiger partial charge < -0.3 is 9.47 Å². The van der Waals surface area contributed by atoms with E-state index in [1.54, 1.807) is 13.8 Å². The highest BCUT2D eigenvalue weighted by atomic mass is 35.5. The maximum Gasteiger partial charge on any atom is 0.324 e. The first-order valence-electron chi connectivity index (χ1n) is 4.84. The van der Waals surface area contributed by atoms with Gasteiger partial charge in [-0.2, -0.15) is 0 Å². The lowest BCUT2D eigenvalue weighted by Gasteiger charge is -2.12. The largest absolute Gasteiger partial charge is 0.466 e. The van der Waals surface area contributed by atoms with Crippen LogP contribution in [0.5, 0.6) is 0 Å². The highest BCUT2D eigenvalue weighted by Crippen LogP contribution is 2.02. The van der Waals surface area contributed by atoms with Crippen LogP contribution in [0.4, 0.5) is 0 Å². The molecule has 0 radical (unpaired) electrons. The Bertz CT molecular complexity index is 210. The van der Waals surface area contributed by atoms with Crippen molar-refractivity contribution < 1.29 is 19.1 Å². The first-order valence-corrected chi connectivity index (χ1v) is 5.21. The van der Waals surface area contributed by atoms with Crippen LogP contribution < -0.4 is 4.84 Å². The van der Waals surface area contributed by atoms with Crippen molar-refractivity contribution in [3.8, 4) is 0 Å². The lowest BCUT2D eigenvalue weighted by molar-refractivity contribution is -0.146. The molecule has 0 aliphatic carbocycles. The maximum absolute atomic E-state index is 11.2. The SMILES string of the molecule is CCOC(=O)CC[C@H](NCl)C(=O)OCC. The molecule has 0 fully saturated rings. The van der Waals surface area contributed by atoms with Gasteiger partial charge in [0, 0.05) is 6.42 Å². The number of esters is 2. The molecule has 0 spiro atoms. The van der Waals surface area contributed by atoms with Crippen LogP contribution >= 0.6 is 11.8 Å². The van der Waals surface area contributed by atoms with E-state index in [1.807, 2.05) is 0 Å². The molecular formula is C9H16ClNO4. The first kappa shape index (κ1) is 14.2. The topological polar surface area (TPSA) is 64.6 Å². The molecule has 1 N–H and O–H groups in total. The monoisotopic (exact) mass is 237 g/mol. The Morgan fingerprint density at radius 1 is 1.27 bits per heavy atom. The Balaban J connectivity index is 3.89. The normalized spacial score (nSPS) is 11.9. The summed E-state index contributed by atoms with van der Waals surface area (Å²) in [4.78, 5) is 24.5. The fraction of sp³-hybridized carbons (Fsp3) is 0.778. The van der Waals surface area contributed by atoms with E-state index in [1.165, 1.54) is 0 Å². The lowest BCUT2D eigenvalue weighted by Crippen LogP contribution is -2.33. The maximum atomic E-state index is 11.2. The van der Waals surface area contributed by atoms with Crippen molar-refractivity contribution in [2.24, 2.45) is 0 Å². The quantitative estimate of drug-likeness (QED) is 0.529. The predicted octanol–water partition coefficient (Wildman–Crippen LogP) is 1.00. The van der Waals surface area contributed by atoms with E-state index in [4.69, 9.17) is 21.3 Å². The summed E-state index contributed by atoms with van der Waals surface area (Å²) in [7, 11) is 0. The number of hydrogen-bond donors (Lipinski definition) is 1. The van der Waals surface area contributed by atoms with Gasteiger partial charge in [0.25, 0.3) is 0 Å². The van der Waals surface area contributed by atoms with Gasteiger partial charge in [0.2, 0.25) is 0 Å². The summed E-state index contributed by atoms with van der Waals surface area (Å²) in [5.41, 5.74) is 0. The van der Waals surface area contributed by atoms with E-state index in [-0.39, 0.29) is 25.4 Å². The molecule has 0 saturated heterocycles. The number of carbonyl (C=O) groups is 2. The summed E-state index contributed by atoms with van der Waals surface area (Å²) in [5, 5.41) is 0. The van der Waals surface area contributed by atoms with Gasteiger partial charge in [0.1, 0.15) is 6.04 Å². The third-order valence-corrected chi connectivity index (χ3v) is 1.91. The number of halogens is 1. The smallest absolute Gasteiger partial charge is 0.324 e. The van der Waals surface area contributed by atoms with Crippen molar-refractivity contribution in [1.29, 1.82) is 0 Å². The van der Waals surface area contributed by atoms with Gasteiger partial charge in [-0.15, -0.1) is 0 Å². The summed E-state index contributed by atoms with van der Waals surface area (Å²) < 4.78 is 9.46. The van der Waals surface area contributed by atoms with Crippen molar-refractivity contribution in [2.45, 2.75) is 32.7 Å². The fourth-order valence-corrected chi connectivity index (χ4v) is 1.15. The van der Waals surface area contributed by atoms with Crippen LogP contribution in [-0.4, -0.2) is 31.2 Å². The molecule has 0 unspecified atom stereocenters. The average molecular weight is 238 g/mol. The summed E-state index contributed by atoms with van der Waals surface area (Å²) >= 11 is 5.36. The minimum Gasteiger partial charge on any atom is -0.466 e. The Morgan fingerprint density at radius 2 is 1.87 bits per heavy atom. The summed E-state index contributed by atoms with van der Waals surface area (Å²) in [6, 6.07) is -0.670. The Morgan fingerprint density at radius 3 is 2.33 bits per heavy atom. The van der Waals surface area contributed by atoms with Crippen LogP contribution in [-0.2, 0) is 19.1 Å². The molecule has 5 nitrogen and oxygen atoms in total. The summed E-state index contributed by atoms with van der Waals surface area (Å²) in [5.74, 6) is -0.810. The molecule has 0 saturated carbocycles. The van der Waals surface area contributed by atoms with Gasteiger partial charge in [0.05, 0.1) is 13.2 Å². The van der Waals surface area contributed by atoms with Crippen LogP contribution in [0.25, 0.3) is 0 Å². The standard InChI is InChI=1S/C9H16ClNO4/c1-3-14-8(12)6-5-7(11-10)9(13)15-4-2/h7,11H,3-6H2,1-2H3/t7-/m0/s1. The molecule has 0 heterocycles. The minimum absolute atomic E-state index is 0.136. The number of ether oxygens (including phenoxy) is 2. The van der Waals surface area contributed by atoms with Gasteiger partial charge in [0.15, 0.2) is 0 Å². The lowest BCUT2D eigenvalue weighted by atomic mass is 10.2.